The Morgan fingerprint density at radius 2 is 2.00 bits per heavy atom. The van der Waals surface area contributed by atoms with Gasteiger partial charge in [-0.1, -0.05) is 28.1 Å². The molecule has 1 aliphatic rings. The van der Waals surface area contributed by atoms with Crippen LogP contribution in [0.1, 0.15) is 18.4 Å². The topological polar surface area (TPSA) is 82.9 Å². The van der Waals surface area contributed by atoms with Gasteiger partial charge in [0.05, 0.1) is 0 Å². The van der Waals surface area contributed by atoms with E-state index in [1.165, 1.54) is 5.56 Å². The van der Waals surface area contributed by atoms with E-state index in [4.69, 9.17) is 5.73 Å². The van der Waals surface area contributed by atoms with Crippen LogP contribution in [0.3, 0.4) is 0 Å². The fraction of sp³-hybridized carbons (Fsp3) is 0.467. The first-order chi connectivity index (χ1) is 10.7. The largest absolute Gasteiger partial charge is 0.366 e. The quantitative estimate of drug-likeness (QED) is 0.755. The lowest BCUT2D eigenvalue weighted by Crippen LogP contribution is -2.43. The molecule has 3 rings (SSSR count). The number of H-pyrrole nitrogens is 1. The average molecular weight is 365 g/mol. The highest BCUT2D eigenvalue weighted by Crippen LogP contribution is 2.16. The second-order valence-corrected chi connectivity index (χ2v) is 6.52. The second kappa shape index (κ2) is 7.11. The molecule has 1 fully saturated rings. The molecule has 118 valence electrons. The molecule has 0 bridgehead atoms. The van der Waals surface area contributed by atoms with Gasteiger partial charge in [-0.05, 0) is 43.5 Å². The van der Waals surface area contributed by atoms with Gasteiger partial charge in [0.1, 0.15) is 0 Å². The third-order valence-corrected chi connectivity index (χ3v) is 4.57. The molecule has 0 spiro atoms. The van der Waals surface area contributed by atoms with Gasteiger partial charge < -0.3 is 16.0 Å². The minimum atomic E-state index is 0.310. The van der Waals surface area contributed by atoms with Crippen molar-refractivity contribution >= 4 is 27.8 Å². The van der Waals surface area contributed by atoms with Crippen molar-refractivity contribution in [3.05, 3.63) is 34.3 Å². The molecule has 1 aliphatic heterocycles. The Labute approximate surface area is 138 Å². The SMILES string of the molecule is Nc1n[nH]c(N2CCC(NCCc3ccc(Br)cc3)CC2)n1. The van der Waals surface area contributed by atoms with Gasteiger partial charge in [0, 0.05) is 23.6 Å². The average Bonchev–Trinajstić information content (AvgIpc) is 2.97. The van der Waals surface area contributed by atoms with Crippen LogP contribution in [0.4, 0.5) is 11.9 Å². The van der Waals surface area contributed by atoms with Crippen LogP contribution in [0.15, 0.2) is 28.7 Å². The number of hydrogen-bond donors (Lipinski definition) is 3. The van der Waals surface area contributed by atoms with Gasteiger partial charge in [0.15, 0.2) is 0 Å². The summed E-state index contributed by atoms with van der Waals surface area (Å²) < 4.78 is 1.13. The van der Waals surface area contributed by atoms with E-state index >= 15 is 0 Å². The van der Waals surface area contributed by atoms with E-state index in [-0.39, 0.29) is 0 Å². The molecule has 0 amide bonds. The van der Waals surface area contributed by atoms with Crippen molar-refractivity contribution in [2.45, 2.75) is 25.3 Å². The van der Waals surface area contributed by atoms with Gasteiger partial charge in [-0.3, -0.25) is 0 Å². The lowest BCUT2D eigenvalue weighted by molar-refractivity contribution is 0.415. The number of nitrogens with two attached hydrogens (primary N) is 1. The van der Waals surface area contributed by atoms with Crippen LogP contribution < -0.4 is 16.0 Å². The number of halogens is 1. The van der Waals surface area contributed by atoms with Crippen molar-refractivity contribution < 1.29 is 0 Å². The highest BCUT2D eigenvalue weighted by atomic mass is 79.9. The maximum absolute atomic E-state index is 5.55. The lowest BCUT2D eigenvalue weighted by Gasteiger charge is -2.32. The summed E-state index contributed by atoms with van der Waals surface area (Å²) in [6.45, 7) is 2.97. The molecule has 22 heavy (non-hydrogen) atoms. The summed E-state index contributed by atoms with van der Waals surface area (Å²) in [5, 5.41) is 10.4. The van der Waals surface area contributed by atoms with Gasteiger partial charge in [0.2, 0.25) is 11.9 Å². The number of anilines is 2. The molecular formula is C15H21BrN6. The number of benzene rings is 1. The smallest absolute Gasteiger partial charge is 0.241 e. The maximum Gasteiger partial charge on any atom is 0.241 e. The molecule has 0 saturated carbocycles. The molecular weight excluding hydrogens is 344 g/mol. The minimum Gasteiger partial charge on any atom is -0.366 e. The number of piperidine rings is 1. The predicted molar refractivity (Wildman–Crippen MR) is 91.9 cm³/mol. The molecule has 7 heteroatoms. The predicted octanol–water partition coefficient (Wildman–Crippen LogP) is 1.95. The molecule has 0 aliphatic carbocycles. The van der Waals surface area contributed by atoms with Crippen LogP contribution in [0.2, 0.25) is 0 Å². The molecule has 4 N–H and O–H groups in total. The Bertz CT molecular complexity index is 588. The van der Waals surface area contributed by atoms with Gasteiger partial charge in [-0.2, -0.15) is 4.98 Å². The highest BCUT2D eigenvalue weighted by molar-refractivity contribution is 9.10. The van der Waals surface area contributed by atoms with E-state index in [1.807, 2.05) is 0 Å². The maximum atomic E-state index is 5.55. The summed E-state index contributed by atoms with van der Waals surface area (Å²) in [6, 6.07) is 9.10. The first-order valence-corrected chi connectivity index (χ1v) is 8.40. The first kappa shape index (κ1) is 15.3. The normalized spacial score (nSPS) is 16.1. The fourth-order valence-electron chi connectivity index (χ4n) is 2.77. The third-order valence-electron chi connectivity index (χ3n) is 4.05. The number of aromatic nitrogens is 3. The summed E-state index contributed by atoms with van der Waals surface area (Å²) in [5.74, 6) is 1.09. The summed E-state index contributed by atoms with van der Waals surface area (Å²) in [5.41, 5.74) is 6.91. The van der Waals surface area contributed by atoms with Crippen LogP contribution in [0, 0.1) is 0 Å². The number of aromatic amines is 1. The minimum absolute atomic E-state index is 0.310. The van der Waals surface area contributed by atoms with Crippen molar-refractivity contribution in [2.24, 2.45) is 0 Å². The van der Waals surface area contributed by atoms with Gasteiger partial charge in [-0.15, -0.1) is 5.10 Å². The van der Waals surface area contributed by atoms with Crippen molar-refractivity contribution in [3.8, 4) is 0 Å². The molecule has 0 unspecified atom stereocenters. The number of nitrogen functional groups attached to an aromatic ring is 1. The monoisotopic (exact) mass is 364 g/mol. The van der Waals surface area contributed by atoms with Crippen molar-refractivity contribution in [2.75, 3.05) is 30.3 Å². The number of hydrogen-bond acceptors (Lipinski definition) is 5. The molecule has 0 radical (unpaired) electrons. The molecule has 2 heterocycles. The Morgan fingerprint density at radius 1 is 1.27 bits per heavy atom. The van der Waals surface area contributed by atoms with Crippen LogP contribution in [0.5, 0.6) is 0 Å². The standard InChI is InChI=1S/C15H21BrN6/c16-12-3-1-11(2-4-12)5-8-18-13-6-9-22(10-7-13)15-19-14(17)20-21-15/h1-4,13,18H,5-10H2,(H3,17,19,20,21). The van der Waals surface area contributed by atoms with E-state index in [0.717, 1.165) is 49.3 Å². The lowest BCUT2D eigenvalue weighted by atomic mass is 10.0. The zero-order valence-electron chi connectivity index (χ0n) is 12.4. The number of rotatable bonds is 5. The number of nitrogens with zero attached hydrogens (tertiary/aromatic N) is 3. The van der Waals surface area contributed by atoms with Crippen molar-refractivity contribution in [1.29, 1.82) is 0 Å². The Morgan fingerprint density at radius 3 is 2.64 bits per heavy atom. The molecule has 1 aromatic carbocycles. The summed E-state index contributed by atoms with van der Waals surface area (Å²) >= 11 is 3.46. The van der Waals surface area contributed by atoms with Crippen LogP contribution in [0.25, 0.3) is 0 Å². The zero-order chi connectivity index (χ0) is 15.4. The van der Waals surface area contributed by atoms with Crippen LogP contribution in [-0.2, 0) is 6.42 Å². The van der Waals surface area contributed by atoms with Crippen molar-refractivity contribution in [1.82, 2.24) is 20.5 Å². The molecule has 0 atom stereocenters. The molecule has 2 aromatic rings. The Balaban J connectivity index is 1.39. The second-order valence-electron chi connectivity index (χ2n) is 5.61. The molecule has 6 nitrogen and oxygen atoms in total. The zero-order valence-corrected chi connectivity index (χ0v) is 14.0. The van der Waals surface area contributed by atoms with E-state index in [2.05, 4.69) is 65.6 Å². The summed E-state index contributed by atoms with van der Waals surface area (Å²) in [4.78, 5) is 6.39. The van der Waals surface area contributed by atoms with Crippen LogP contribution in [-0.4, -0.2) is 40.9 Å². The van der Waals surface area contributed by atoms with Gasteiger partial charge in [0.25, 0.3) is 0 Å². The third kappa shape index (κ3) is 3.98. The summed E-state index contributed by atoms with van der Waals surface area (Å²) in [7, 11) is 0. The van der Waals surface area contributed by atoms with E-state index in [9.17, 15) is 0 Å². The summed E-state index contributed by atoms with van der Waals surface area (Å²) in [6.07, 6.45) is 3.29. The Kier molecular flexibility index (Phi) is 4.94. The molecule has 1 saturated heterocycles. The van der Waals surface area contributed by atoms with E-state index in [1.54, 1.807) is 0 Å². The van der Waals surface area contributed by atoms with Crippen molar-refractivity contribution in [3.63, 3.8) is 0 Å². The van der Waals surface area contributed by atoms with Gasteiger partial charge in [-0.25, -0.2) is 5.10 Å². The van der Waals surface area contributed by atoms with Crippen LogP contribution >= 0.6 is 15.9 Å². The van der Waals surface area contributed by atoms with E-state index < -0.39 is 0 Å². The van der Waals surface area contributed by atoms with E-state index in [0.29, 0.717) is 12.0 Å². The highest BCUT2D eigenvalue weighted by Gasteiger charge is 2.20. The fourth-order valence-corrected chi connectivity index (χ4v) is 3.04. The Hall–Kier alpha value is -1.60. The first-order valence-electron chi connectivity index (χ1n) is 7.61. The molecule has 1 aromatic heterocycles. The van der Waals surface area contributed by atoms with Gasteiger partial charge >= 0.3 is 0 Å². The number of nitrogens with one attached hydrogen (secondary N) is 2.